The lowest BCUT2D eigenvalue weighted by Crippen LogP contribution is -2.52. The molecule has 0 saturated carbocycles. The van der Waals surface area contributed by atoms with Crippen LogP contribution in [-0.4, -0.2) is 57.2 Å². The molecular weight excluding hydrogens is 290 g/mol. The maximum absolute atomic E-state index is 12.7. The summed E-state index contributed by atoms with van der Waals surface area (Å²) >= 11 is 0. The second-order valence-electron chi connectivity index (χ2n) is 6.33. The van der Waals surface area contributed by atoms with Gasteiger partial charge in [-0.25, -0.2) is 13.1 Å². The molecule has 3 unspecified atom stereocenters. The Kier molecular flexibility index (Phi) is 5.62. The molecule has 0 aromatic carbocycles. The fourth-order valence-corrected chi connectivity index (χ4v) is 3.83. The Morgan fingerprint density at radius 3 is 2.71 bits per heavy atom. The minimum absolute atomic E-state index is 0.0616. The van der Waals surface area contributed by atoms with Gasteiger partial charge in [0.1, 0.15) is 0 Å². The second-order valence-corrected chi connectivity index (χ2v) is 8.17. The molecular formula is C14H27N3O3S. The third-order valence-electron chi connectivity index (χ3n) is 4.55. The number of amides is 1. The summed E-state index contributed by atoms with van der Waals surface area (Å²) in [4.78, 5) is 14.7. The number of piperidine rings is 1. The van der Waals surface area contributed by atoms with Crippen LogP contribution in [-0.2, 0) is 14.8 Å². The SMILES string of the molecule is CC1CCNC1C(=O)N1CCCCC1CCNS(C)(=O)=O. The van der Waals surface area contributed by atoms with Crippen molar-refractivity contribution in [2.75, 3.05) is 25.9 Å². The molecule has 2 aliphatic rings. The Bertz CT molecular complexity index is 466. The van der Waals surface area contributed by atoms with Gasteiger partial charge >= 0.3 is 0 Å². The number of carbonyl (C=O) groups excluding carboxylic acids is 1. The van der Waals surface area contributed by atoms with E-state index in [9.17, 15) is 13.2 Å². The van der Waals surface area contributed by atoms with Crippen LogP contribution in [0.3, 0.4) is 0 Å². The number of likely N-dealkylation sites (tertiary alicyclic amines) is 1. The third-order valence-corrected chi connectivity index (χ3v) is 5.28. The number of nitrogens with one attached hydrogen (secondary N) is 2. The van der Waals surface area contributed by atoms with Crippen molar-refractivity contribution in [3.63, 3.8) is 0 Å². The highest BCUT2D eigenvalue weighted by atomic mass is 32.2. The number of rotatable bonds is 5. The molecule has 0 aromatic rings. The smallest absolute Gasteiger partial charge is 0.240 e. The molecule has 2 heterocycles. The topological polar surface area (TPSA) is 78.5 Å². The van der Waals surface area contributed by atoms with Crippen molar-refractivity contribution < 1.29 is 13.2 Å². The molecule has 7 heteroatoms. The van der Waals surface area contributed by atoms with E-state index in [0.717, 1.165) is 38.8 Å². The number of sulfonamides is 1. The maximum atomic E-state index is 12.7. The van der Waals surface area contributed by atoms with Gasteiger partial charge < -0.3 is 10.2 Å². The van der Waals surface area contributed by atoms with E-state index in [1.807, 2.05) is 4.90 Å². The van der Waals surface area contributed by atoms with E-state index in [0.29, 0.717) is 18.9 Å². The lowest BCUT2D eigenvalue weighted by Gasteiger charge is -2.38. The quantitative estimate of drug-likeness (QED) is 0.765. The van der Waals surface area contributed by atoms with E-state index in [-0.39, 0.29) is 18.0 Å². The third kappa shape index (κ3) is 4.66. The van der Waals surface area contributed by atoms with Gasteiger partial charge in [-0.15, -0.1) is 0 Å². The van der Waals surface area contributed by atoms with Crippen molar-refractivity contribution in [2.45, 2.75) is 51.1 Å². The number of nitrogens with zero attached hydrogens (tertiary/aromatic N) is 1. The minimum Gasteiger partial charge on any atom is -0.338 e. The van der Waals surface area contributed by atoms with Gasteiger partial charge in [0.25, 0.3) is 0 Å². The molecule has 21 heavy (non-hydrogen) atoms. The van der Waals surface area contributed by atoms with Crippen molar-refractivity contribution >= 4 is 15.9 Å². The van der Waals surface area contributed by atoms with E-state index in [2.05, 4.69) is 17.0 Å². The maximum Gasteiger partial charge on any atom is 0.240 e. The number of hydrogen-bond acceptors (Lipinski definition) is 4. The van der Waals surface area contributed by atoms with Crippen LogP contribution in [0.1, 0.15) is 39.0 Å². The molecule has 122 valence electrons. The highest BCUT2D eigenvalue weighted by molar-refractivity contribution is 7.88. The summed E-state index contributed by atoms with van der Waals surface area (Å²) in [5.41, 5.74) is 0. The zero-order valence-corrected chi connectivity index (χ0v) is 13.8. The van der Waals surface area contributed by atoms with E-state index in [1.165, 1.54) is 6.26 Å². The van der Waals surface area contributed by atoms with Gasteiger partial charge in [-0.3, -0.25) is 4.79 Å². The summed E-state index contributed by atoms with van der Waals surface area (Å²) in [7, 11) is -3.15. The second kappa shape index (κ2) is 7.07. The molecule has 2 saturated heterocycles. The van der Waals surface area contributed by atoms with Crippen molar-refractivity contribution in [3.05, 3.63) is 0 Å². The summed E-state index contributed by atoms with van der Waals surface area (Å²) in [5.74, 6) is 0.582. The van der Waals surface area contributed by atoms with Crippen LogP contribution >= 0.6 is 0 Å². The summed E-state index contributed by atoms with van der Waals surface area (Å²) in [6.45, 7) is 4.23. The molecule has 2 rings (SSSR count). The molecule has 0 radical (unpaired) electrons. The summed E-state index contributed by atoms with van der Waals surface area (Å²) in [6.07, 6.45) is 6.04. The molecule has 1 amide bonds. The first-order chi connectivity index (χ1) is 9.88. The minimum atomic E-state index is -3.15. The Labute approximate surface area is 127 Å². The fourth-order valence-electron chi connectivity index (χ4n) is 3.35. The fraction of sp³-hybridized carbons (Fsp3) is 0.929. The zero-order chi connectivity index (χ0) is 15.5. The van der Waals surface area contributed by atoms with Crippen molar-refractivity contribution in [3.8, 4) is 0 Å². The van der Waals surface area contributed by atoms with E-state index >= 15 is 0 Å². The van der Waals surface area contributed by atoms with Gasteiger partial charge in [0.2, 0.25) is 15.9 Å². The summed E-state index contributed by atoms with van der Waals surface area (Å²) in [6, 6.07) is 0.101. The van der Waals surface area contributed by atoms with Crippen molar-refractivity contribution in [2.24, 2.45) is 5.92 Å². The van der Waals surface area contributed by atoms with Gasteiger partial charge in [0.15, 0.2) is 0 Å². The molecule has 0 aliphatic carbocycles. The molecule has 3 atom stereocenters. The van der Waals surface area contributed by atoms with Crippen LogP contribution < -0.4 is 10.0 Å². The van der Waals surface area contributed by atoms with Gasteiger partial charge in [-0.05, 0) is 44.6 Å². The monoisotopic (exact) mass is 317 g/mol. The van der Waals surface area contributed by atoms with Crippen LogP contribution in [0.15, 0.2) is 0 Å². The van der Waals surface area contributed by atoms with Crippen LogP contribution in [0, 0.1) is 5.92 Å². The van der Waals surface area contributed by atoms with Crippen LogP contribution in [0.2, 0.25) is 0 Å². The number of carbonyl (C=O) groups is 1. The van der Waals surface area contributed by atoms with Crippen LogP contribution in [0.5, 0.6) is 0 Å². The van der Waals surface area contributed by atoms with Crippen molar-refractivity contribution in [1.82, 2.24) is 14.9 Å². The molecule has 2 aliphatic heterocycles. The Balaban J connectivity index is 1.93. The average molecular weight is 317 g/mol. The number of hydrogen-bond donors (Lipinski definition) is 2. The average Bonchev–Trinajstić information content (AvgIpc) is 2.83. The highest BCUT2D eigenvalue weighted by Crippen LogP contribution is 2.24. The van der Waals surface area contributed by atoms with E-state index in [1.54, 1.807) is 0 Å². The molecule has 0 spiro atoms. The largest absolute Gasteiger partial charge is 0.338 e. The highest BCUT2D eigenvalue weighted by Gasteiger charge is 2.36. The predicted octanol–water partition coefficient (Wildman–Crippen LogP) is 0.305. The Morgan fingerprint density at radius 2 is 2.10 bits per heavy atom. The molecule has 0 bridgehead atoms. The predicted molar refractivity (Wildman–Crippen MR) is 82.4 cm³/mol. The first kappa shape index (κ1) is 16.7. The van der Waals surface area contributed by atoms with E-state index in [4.69, 9.17) is 0 Å². The van der Waals surface area contributed by atoms with Crippen molar-refractivity contribution in [1.29, 1.82) is 0 Å². The first-order valence-electron chi connectivity index (χ1n) is 7.87. The summed E-state index contributed by atoms with van der Waals surface area (Å²) < 4.78 is 24.8. The van der Waals surface area contributed by atoms with E-state index < -0.39 is 10.0 Å². The first-order valence-corrected chi connectivity index (χ1v) is 9.76. The van der Waals surface area contributed by atoms with Gasteiger partial charge in [0.05, 0.1) is 12.3 Å². The van der Waals surface area contributed by atoms with Crippen LogP contribution in [0.25, 0.3) is 0 Å². The molecule has 0 aromatic heterocycles. The van der Waals surface area contributed by atoms with Crippen LogP contribution in [0.4, 0.5) is 0 Å². The van der Waals surface area contributed by atoms with Gasteiger partial charge in [-0.2, -0.15) is 0 Å². The molecule has 6 nitrogen and oxygen atoms in total. The molecule has 2 N–H and O–H groups in total. The standard InChI is InChI=1S/C14H27N3O3S/c1-11-6-8-15-13(11)14(18)17-10-4-3-5-12(17)7-9-16-21(2,19)20/h11-13,15-16H,3-10H2,1-2H3. The zero-order valence-electron chi connectivity index (χ0n) is 13.0. The summed E-state index contributed by atoms with van der Waals surface area (Å²) in [5, 5.41) is 3.30. The normalized spacial score (nSPS) is 30.6. The lowest BCUT2D eigenvalue weighted by atomic mass is 9.96. The Morgan fingerprint density at radius 1 is 1.33 bits per heavy atom. The van der Waals surface area contributed by atoms with Gasteiger partial charge in [-0.1, -0.05) is 6.92 Å². The van der Waals surface area contributed by atoms with Gasteiger partial charge in [0, 0.05) is 19.1 Å². The molecule has 2 fully saturated rings. The Hall–Kier alpha value is -0.660. The lowest BCUT2D eigenvalue weighted by molar-refractivity contribution is -0.137.